The number of methoxy groups -OCH3 is 1. The van der Waals surface area contributed by atoms with Crippen LogP contribution in [-0.2, 0) is 20.8 Å². The van der Waals surface area contributed by atoms with E-state index >= 15 is 0 Å². The highest BCUT2D eigenvalue weighted by Gasteiger charge is 2.36. The molecule has 0 bridgehead atoms. The maximum atomic E-state index is 13.5. The zero-order valence-electron chi connectivity index (χ0n) is 20.6. The topological polar surface area (TPSA) is 117 Å². The number of likely N-dealkylation sites (N-methyl/N-ethyl adjacent to an activating group) is 1. The van der Waals surface area contributed by atoms with Gasteiger partial charge in [-0.2, -0.15) is 0 Å². The lowest BCUT2D eigenvalue weighted by Gasteiger charge is -2.28. The van der Waals surface area contributed by atoms with Gasteiger partial charge in [0.15, 0.2) is 0 Å². The van der Waals surface area contributed by atoms with Crippen LogP contribution in [-0.4, -0.2) is 48.9 Å². The molecule has 0 aliphatic rings. The summed E-state index contributed by atoms with van der Waals surface area (Å²) in [6.45, 7) is 3.93. The fraction of sp³-hybridized carbons (Fsp3) is 0.423. The average molecular weight is 502 g/mol. The second-order valence-corrected chi connectivity index (χ2v) is 9.76. The van der Waals surface area contributed by atoms with E-state index in [1.165, 1.54) is 18.8 Å². The predicted molar refractivity (Wildman–Crippen MR) is 136 cm³/mol. The van der Waals surface area contributed by atoms with E-state index in [9.17, 15) is 19.6 Å². The number of hydrogen-bond donors (Lipinski definition) is 4. The van der Waals surface area contributed by atoms with Crippen LogP contribution in [0, 0.1) is 17.8 Å². The first kappa shape index (κ1) is 28.2. The Morgan fingerprint density at radius 1 is 0.943 bits per heavy atom. The third kappa shape index (κ3) is 8.92. The highest BCUT2D eigenvalue weighted by molar-refractivity contribution is 7.99. The number of thioether (sulfide) groups is 1. The summed E-state index contributed by atoms with van der Waals surface area (Å²) < 4.78 is 5.18. The molecule has 0 aliphatic heterocycles. The van der Waals surface area contributed by atoms with E-state index in [0.717, 1.165) is 16.2 Å². The zero-order valence-corrected chi connectivity index (χ0v) is 21.4. The Hall–Kier alpha value is -3.04. The lowest BCUT2D eigenvalue weighted by atomic mass is 9.84. The maximum Gasteiger partial charge on any atom is 0.248 e. The molecule has 0 aliphatic carbocycles. The van der Waals surface area contributed by atoms with E-state index in [4.69, 9.17) is 4.74 Å². The minimum atomic E-state index is -0.809. The number of carbonyl (C=O) groups is 3. The van der Waals surface area contributed by atoms with Crippen molar-refractivity contribution in [2.24, 2.45) is 17.8 Å². The monoisotopic (exact) mass is 501 g/mol. The smallest absolute Gasteiger partial charge is 0.248 e. The Kier molecular flexibility index (Phi) is 11.6. The number of carbonyl (C=O) groups excluding carboxylic acids is 3. The second kappa shape index (κ2) is 14.4. The molecule has 35 heavy (non-hydrogen) atoms. The summed E-state index contributed by atoms with van der Waals surface area (Å²) in [5, 5.41) is 14.9. The van der Waals surface area contributed by atoms with E-state index in [0.29, 0.717) is 12.8 Å². The van der Waals surface area contributed by atoms with Crippen molar-refractivity contribution in [2.75, 3.05) is 19.9 Å². The number of hydrogen-bond acceptors (Lipinski definition) is 6. The molecule has 8 nitrogen and oxygen atoms in total. The molecule has 3 amide bonds. The zero-order chi connectivity index (χ0) is 25.8. The average Bonchev–Trinajstić information content (AvgIpc) is 2.87. The van der Waals surface area contributed by atoms with Crippen molar-refractivity contribution in [2.45, 2.75) is 37.6 Å². The number of amides is 3. The van der Waals surface area contributed by atoms with Crippen LogP contribution in [0.1, 0.15) is 25.8 Å². The van der Waals surface area contributed by atoms with Crippen molar-refractivity contribution in [1.29, 1.82) is 0 Å². The number of nitrogens with one attached hydrogen (secondary N) is 3. The number of benzene rings is 2. The first-order chi connectivity index (χ1) is 16.8. The molecule has 0 saturated carbocycles. The van der Waals surface area contributed by atoms with Crippen LogP contribution < -0.4 is 20.9 Å². The van der Waals surface area contributed by atoms with Gasteiger partial charge in [-0.25, -0.2) is 5.48 Å². The van der Waals surface area contributed by atoms with Crippen molar-refractivity contribution in [1.82, 2.24) is 16.1 Å². The summed E-state index contributed by atoms with van der Waals surface area (Å²) in [5.41, 5.74) is 2.63. The van der Waals surface area contributed by atoms with Gasteiger partial charge in [0.25, 0.3) is 0 Å². The molecule has 0 unspecified atom stereocenters. The molecule has 2 aromatic rings. The number of rotatable bonds is 13. The third-order valence-electron chi connectivity index (χ3n) is 5.65. The first-order valence-electron chi connectivity index (χ1n) is 11.6. The van der Waals surface area contributed by atoms with Gasteiger partial charge in [-0.15, -0.1) is 11.8 Å². The van der Waals surface area contributed by atoms with E-state index in [1.54, 1.807) is 12.6 Å². The fourth-order valence-corrected chi connectivity index (χ4v) is 4.87. The Balaban J connectivity index is 2.24. The molecule has 190 valence electrons. The highest BCUT2D eigenvalue weighted by atomic mass is 32.2. The summed E-state index contributed by atoms with van der Waals surface area (Å²) in [7, 11) is 3.11. The van der Waals surface area contributed by atoms with Gasteiger partial charge in [-0.05, 0) is 42.2 Å². The van der Waals surface area contributed by atoms with Gasteiger partial charge in [0.1, 0.15) is 11.8 Å². The van der Waals surface area contributed by atoms with Crippen molar-refractivity contribution < 1.29 is 24.3 Å². The van der Waals surface area contributed by atoms with Crippen molar-refractivity contribution >= 4 is 29.5 Å². The number of ether oxygens (including phenoxy) is 1. The molecule has 0 radical (unpaired) electrons. The molecule has 9 heteroatoms. The highest BCUT2D eigenvalue weighted by Crippen LogP contribution is 2.30. The molecule has 2 aromatic carbocycles. The molecule has 4 N–H and O–H groups in total. The third-order valence-corrected chi connectivity index (χ3v) is 6.78. The van der Waals surface area contributed by atoms with Crippen LogP contribution in [0.15, 0.2) is 59.5 Å². The summed E-state index contributed by atoms with van der Waals surface area (Å²) in [6, 6.07) is 16.0. The minimum absolute atomic E-state index is 0.110. The van der Waals surface area contributed by atoms with Gasteiger partial charge >= 0.3 is 0 Å². The molecule has 0 aromatic heterocycles. The molecule has 0 saturated heterocycles. The molecule has 3 atom stereocenters. The molecule has 0 fully saturated rings. The lowest BCUT2D eigenvalue weighted by Crippen LogP contribution is -2.51. The maximum absolute atomic E-state index is 13.5. The Labute approximate surface area is 211 Å². The quantitative estimate of drug-likeness (QED) is 0.190. The summed E-state index contributed by atoms with van der Waals surface area (Å²) in [5.74, 6) is -1.80. The van der Waals surface area contributed by atoms with Gasteiger partial charge in [0, 0.05) is 24.1 Å². The van der Waals surface area contributed by atoms with Gasteiger partial charge in [-0.3, -0.25) is 19.6 Å². The molecule has 0 spiro atoms. The van der Waals surface area contributed by atoms with Crippen LogP contribution in [0.25, 0.3) is 0 Å². The van der Waals surface area contributed by atoms with E-state index < -0.39 is 29.7 Å². The molecule has 0 heterocycles. The van der Waals surface area contributed by atoms with Gasteiger partial charge in [0.2, 0.25) is 17.7 Å². The SMILES string of the molecule is CNC(=O)[C@@H](Cc1ccccc1)NC(=O)[C@H](CC(C)C)[C@H](CSc1ccc(OC)cc1)C(=O)NO. The van der Waals surface area contributed by atoms with Crippen LogP contribution >= 0.6 is 11.8 Å². The van der Waals surface area contributed by atoms with Crippen LogP contribution in [0.5, 0.6) is 5.75 Å². The Bertz CT molecular complexity index is 953. The van der Waals surface area contributed by atoms with Crippen molar-refractivity contribution in [3.8, 4) is 5.75 Å². The Morgan fingerprint density at radius 3 is 2.14 bits per heavy atom. The normalized spacial score (nSPS) is 13.4. The standard InChI is InChI=1S/C26H35N3O5S/c1-17(2)14-21(22(25(31)29-33)16-35-20-12-10-19(34-4)11-13-20)24(30)28-23(26(32)27-3)15-18-8-6-5-7-9-18/h5-13,17,21-23,33H,14-16H2,1-4H3,(H,27,32)(H,28,30)(H,29,31)/t21-,22+,23-/m1/s1. The first-order valence-corrected chi connectivity index (χ1v) is 12.5. The predicted octanol–water partition coefficient (Wildman–Crippen LogP) is 3.04. The van der Waals surface area contributed by atoms with E-state index in [-0.39, 0.29) is 17.6 Å². The number of hydroxylamine groups is 1. The van der Waals surface area contributed by atoms with E-state index in [1.807, 2.05) is 68.4 Å². The molecular weight excluding hydrogens is 466 g/mol. The van der Waals surface area contributed by atoms with Gasteiger partial charge in [0.05, 0.1) is 18.9 Å². The lowest BCUT2D eigenvalue weighted by molar-refractivity contribution is -0.140. The fourth-order valence-electron chi connectivity index (χ4n) is 3.79. The van der Waals surface area contributed by atoms with Crippen LogP contribution in [0.4, 0.5) is 0 Å². The minimum Gasteiger partial charge on any atom is -0.497 e. The van der Waals surface area contributed by atoms with Gasteiger partial charge < -0.3 is 15.4 Å². The Morgan fingerprint density at radius 2 is 1.60 bits per heavy atom. The van der Waals surface area contributed by atoms with Crippen molar-refractivity contribution in [3.05, 3.63) is 60.2 Å². The van der Waals surface area contributed by atoms with E-state index in [2.05, 4.69) is 10.6 Å². The van der Waals surface area contributed by atoms with Crippen LogP contribution in [0.3, 0.4) is 0 Å². The largest absolute Gasteiger partial charge is 0.497 e. The van der Waals surface area contributed by atoms with Crippen LogP contribution in [0.2, 0.25) is 0 Å². The van der Waals surface area contributed by atoms with Crippen molar-refractivity contribution in [3.63, 3.8) is 0 Å². The second-order valence-electron chi connectivity index (χ2n) is 8.67. The summed E-state index contributed by atoms with van der Waals surface area (Å²) in [6.07, 6.45) is 0.733. The summed E-state index contributed by atoms with van der Waals surface area (Å²) in [4.78, 5) is 39.6. The van der Waals surface area contributed by atoms with Gasteiger partial charge in [-0.1, -0.05) is 44.2 Å². The summed E-state index contributed by atoms with van der Waals surface area (Å²) >= 11 is 1.41. The molecule has 2 rings (SSSR count). The molecular formula is C26H35N3O5S.